The fourth-order valence-corrected chi connectivity index (χ4v) is 2.75. The Balaban J connectivity index is 2.31. The largest absolute Gasteiger partial charge is 0.155 e. The van der Waals surface area contributed by atoms with Crippen LogP contribution in [-0.2, 0) is 6.42 Å². The van der Waals surface area contributed by atoms with Crippen LogP contribution in [0.25, 0.3) is 10.8 Å². The van der Waals surface area contributed by atoms with Gasteiger partial charge >= 0.3 is 0 Å². The molecule has 0 amide bonds. The summed E-state index contributed by atoms with van der Waals surface area (Å²) in [7, 11) is 0. The quantitative estimate of drug-likeness (QED) is 0.774. The Morgan fingerprint density at radius 3 is 2.44 bits per heavy atom. The standard InChI is InChI=1S/C15H19ClN2/c1-10(2)8-12(16)9-15-14-7-5-4-6-13(14)11(3)17-18-15/h4-7,10,12H,8-9H2,1-3H3. The number of aromatic nitrogens is 2. The lowest BCUT2D eigenvalue weighted by molar-refractivity contribution is 0.558. The van der Waals surface area contributed by atoms with Gasteiger partial charge in [-0.3, -0.25) is 0 Å². The number of alkyl halides is 1. The van der Waals surface area contributed by atoms with Crippen LogP contribution in [0.1, 0.15) is 31.7 Å². The van der Waals surface area contributed by atoms with Gasteiger partial charge in [0.1, 0.15) is 0 Å². The maximum Gasteiger partial charge on any atom is 0.0724 e. The Morgan fingerprint density at radius 1 is 1.11 bits per heavy atom. The van der Waals surface area contributed by atoms with E-state index in [0.717, 1.165) is 24.2 Å². The zero-order chi connectivity index (χ0) is 13.1. The summed E-state index contributed by atoms with van der Waals surface area (Å²) in [6.07, 6.45) is 1.79. The Morgan fingerprint density at radius 2 is 1.78 bits per heavy atom. The molecule has 0 aliphatic heterocycles. The molecule has 0 aliphatic rings. The number of nitrogens with zero attached hydrogens (tertiary/aromatic N) is 2. The van der Waals surface area contributed by atoms with Crippen LogP contribution in [0, 0.1) is 12.8 Å². The van der Waals surface area contributed by atoms with Crippen molar-refractivity contribution in [3.8, 4) is 0 Å². The molecule has 2 aromatic rings. The number of aryl methyl sites for hydroxylation is 1. The van der Waals surface area contributed by atoms with Crippen LogP contribution in [0.5, 0.6) is 0 Å². The molecule has 0 aliphatic carbocycles. The summed E-state index contributed by atoms with van der Waals surface area (Å²) in [6.45, 7) is 6.37. The Labute approximate surface area is 113 Å². The van der Waals surface area contributed by atoms with Crippen LogP contribution in [0.3, 0.4) is 0 Å². The van der Waals surface area contributed by atoms with Gasteiger partial charge in [-0.1, -0.05) is 38.1 Å². The van der Waals surface area contributed by atoms with Crippen molar-refractivity contribution in [3.63, 3.8) is 0 Å². The van der Waals surface area contributed by atoms with E-state index in [1.165, 1.54) is 10.8 Å². The average Bonchev–Trinajstić information content (AvgIpc) is 2.32. The van der Waals surface area contributed by atoms with Crippen LogP contribution in [-0.4, -0.2) is 15.6 Å². The molecule has 0 saturated carbocycles. The molecular weight excluding hydrogens is 244 g/mol. The highest BCUT2D eigenvalue weighted by Gasteiger charge is 2.13. The minimum Gasteiger partial charge on any atom is -0.155 e. The van der Waals surface area contributed by atoms with Crippen molar-refractivity contribution < 1.29 is 0 Å². The predicted molar refractivity (Wildman–Crippen MR) is 77.1 cm³/mol. The molecule has 1 aromatic heterocycles. The number of benzene rings is 1. The highest BCUT2D eigenvalue weighted by atomic mass is 35.5. The molecule has 0 bridgehead atoms. The molecule has 0 spiro atoms. The third kappa shape index (κ3) is 2.99. The van der Waals surface area contributed by atoms with Crippen LogP contribution in [0.4, 0.5) is 0 Å². The van der Waals surface area contributed by atoms with Gasteiger partial charge in [0.25, 0.3) is 0 Å². The van der Waals surface area contributed by atoms with Crippen LogP contribution in [0.2, 0.25) is 0 Å². The molecule has 0 radical (unpaired) electrons. The van der Waals surface area contributed by atoms with E-state index >= 15 is 0 Å². The lowest BCUT2D eigenvalue weighted by Gasteiger charge is -2.13. The van der Waals surface area contributed by atoms with Crippen molar-refractivity contribution in [2.75, 3.05) is 0 Å². The first kappa shape index (κ1) is 13.3. The smallest absolute Gasteiger partial charge is 0.0724 e. The van der Waals surface area contributed by atoms with Gasteiger partial charge in [0.2, 0.25) is 0 Å². The predicted octanol–water partition coefficient (Wildman–Crippen LogP) is 4.13. The lowest BCUT2D eigenvalue weighted by atomic mass is 10.0. The summed E-state index contributed by atoms with van der Waals surface area (Å²) < 4.78 is 0. The topological polar surface area (TPSA) is 25.8 Å². The van der Waals surface area contributed by atoms with Crippen LogP contribution in [0.15, 0.2) is 24.3 Å². The third-order valence-corrected chi connectivity index (χ3v) is 3.42. The number of fused-ring (bicyclic) bond motifs is 1. The first-order valence-corrected chi connectivity index (χ1v) is 6.86. The maximum atomic E-state index is 6.38. The summed E-state index contributed by atoms with van der Waals surface area (Å²) in [6, 6.07) is 8.27. The molecule has 0 N–H and O–H groups in total. The van der Waals surface area contributed by atoms with Crippen LogP contribution >= 0.6 is 11.6 Å². The third-order valence-electron chi connectivity index (χ3n) is 3.09. The molecule has 96 valence electrons. The monoisotopic (exact) mass is 262 g/mol. The van der Waals surface area contributed by atoms with E-state index in [9.17, 15) is 0 Å². The summed E-state index contributed by atoms with van der Waals surface area (Å²) in [5.41, 5.74) is 1.99. The fraction of sp³-hybridized carbons (Fsp3) is 0.467. The van der Waals surface area contributed by atoms with Gasteiger partial charge in [-0.15, -0.1) is 11.6 Å². The Hall–Kier alpha value is -1.15. The molecule has 3 heteroatoms. The SMILES string of the molecule is Cc1nnc(CC(Cl)CC(C)C)c2ccccc12. The second-order valence-corrected chi connectivity index (χ2v) is 5.83. The molecule has 0 fully saturated rings. The van der Waals surface area contributed by atoms with Gasteiger partial charge in [0.05, 0.1) is 11.4 Å². The van der Waals surface area contributed by atoms with E-state index in [1.54, 1.807) is 0 Å². The number of hydrogen-bond donors (Lipinski definition) is 0. The van der Waals surface area contributed by atoms with Crippen molar-refractivity contribution >= 4 is 22.4 Å². The van der Waals surface area contributed by atoms with Gasteiger partial charge in [0, 0.05) is 22.6 Å². The minimum atomic E-state index is 0.130. The summed E-state index contributed by atoms with van der Waals surface area (Å²) in [5, 5.41) is 11.0. The second kappa shape index (κ2) is 5.66. The zero-order valence-electron chi connectivity index (χ0n) is 11.2. The second-order valence-electron chi connectivity index (χ2n) is 5.21. The van der Waals surface area contributed by atoms with E-state index in [4.69, 9.17) is 11.6 Å². The zero-order valence-corrected chi connectivity index (χ0v) is 11.9. The summed E-state index contributed by atoms with van der Waals surface area (Å²) in [4.78, 5) is 0. The van der Waals surface area contributed by atoms with E-state index in [-0.39, 0.29) is 5.38 Å². The van der Waals surface area contributed by atoms with E-state index in [2.05, 4.69) is 36.2 Å². The first-order chi connectivity index (χ1) is 8.58. The lowest BCUT2D eigenvalue weighted by Crippen LogP contribution is -2.10. The average molecular weight is 263 g/mol. The molecule has 0 saturated heterocycles. The number of hydrogen-bond acceptors (Lipinski definition) is 2. The van der Waals surface area contributed by atoms with Crippen LogP contribution < -0.4 is 0 Å². The van der Waals surface area contributed by atoms with E-state index in [0.29, 0.717) is 5.92 Å². The van der Waals surface area contributed by atoms with Crippen molar-refractivity contribution in [1.82, 2.24) is 10.2 Å². The Kier molecular flexibility index (Phi) is 4.18. The first-order valence-electron chi connectivity index (χ1n) is 6.43. The van der Waals surface area contributed by atoms with Gasteiger partial charge in [-0.05, 0) is 19.3 Å². The minimum absolute atomic E-state index is 0.130. The summed E-state index contributed by atoms with van der Waals surface area (Å²) in [5.74, 6) is 0.608. The normalized spacial score (nSPS) is 13.2. The Bertz CT molecular complexity index is 537. The highest BCUT2D eigenvalue weighted by molar-refractivity contribution is 6.20. The van der Waals surface area contributed by atoms with E-state index < -0.39 is 0 Å². The van der Waals surface area contributed by atoms with Gasteiger partial charge in [0.15, 0.2) is 0 Å². The molecule has 2 nitrogen and oxygen atoms in total. The molecule has 2 rings (SSSR count). The van der Waals surface area contributed by atoms with Crippen molar-refractivity contribution in [3.05, 3.63) is 35.7 Å². The maximum absolute atomic E-state index is 6.38. The molecule has 1 unspecified atom stereocenters. The summed E-state index contributed by atoms with van der Waals surface area (Å²) >= 11 is 6.38. The molecule has 1 aromatic carbocycles. The van der Waals surface area contributed by atoms with Crippen molar-refractivity contribution in [2.24, 2.45) is 5.92 Å². The fourth-order valence-electron chi connectivity index (χ4n) is 2.25. The highest BCUT2D eigenvalue weighted by Crippen LogP contribution is 2.22. The molecule has 1 atom stereocenters. The number of halogens is 1. The van der Waals surface area contributed by atoms with Gasteiger partial charge in [-0.2, -0.15) is 10.2 Å². The number of rotatable bonds is 4. The van der Waals surface area contributed by atoms with Crippen molar-refractivity contribution in [2.45, 2.75) is 39.0 Å². The molecule has 1 heterocycles. The van der Waals surface area contributed by atoms with Crippen molar-refractivity contribution in [1.29, 1.82) is 0 Å². The van der Waals surface area contributed by atoms with Gasteiger partial charge in [-0.25, -0.2) is 0 Å². The van der Waals surface area contributed by atoms with E-state index in [1.807, 2.05) is 19.1 Å². The molecular formula is C15H19ClN2. The molecule has 18 heavy (non-hydrogen) atoms. The van der Waals surface area contributed by atoms with Gasteiger partial charge < -0.3 is 0 Å².